The van der Waals surface area contributed by atoms with Crippen molar-refractivity contribution in [3.63, 3.8) is 0 Å². The van der Waals surface area contributed by atoms with Crippen molar-refractivity contribution in [2.45, 2.75) is 25.7 Å². The van der Waals surface area contributed by atoms with Crippen molar-refractivity contribution in [1.82, 2.24) is 15.1 Å². The predicted octanol–water partition coefficient (Wildman–Crippen LogP) is 2.14. The van der Waals surface area contributed by atoms with Crippen molar-refractivity contribution >= 4 is 11.8 Å². The molecule has 1 atom stereocenters. The molecule has 142 valence electrons. The molecule has 2 heterocycles. The second kappa shape index (κ2) is 8.62. The third-order valence-corrected chi connectivity index (χ3v) is 5.57. The normalized spacial score (nSPS) is 21.7. The quantitative estimate of drug-likeness (QED) is 0.894. The first-order chi connectivity index (χ1) is 12.6. The van der Waals surface area contributed by atoms with Crippen molar-refractivity contribution in [2.24, 2.45) is 11.8 Å². The van der Waals surface area contributed by atoms with Gasteiger partial charge in [0.2, 0.25) is 5.91 Å². The van der Waals surface area contributed by atoms with Gasteiger partial charge in [-0.3, -0.25) is 9.59 Å². The maximum atomic E-state index is 13.1. The van der Waals surface area contributed by atoms with Gasteiger partial charge in [0.1, 0.15) is 5.82 Å². The van der Waals surface area contributed by atoms with Crippen LogP contribution >= 0.6 is 0 Å². The lowest BCUT2D eigenvalue weighted by atomic mass is 9.92. The van der Waals surface area contributed by atoms with Gasteiger partial charge in [-0.2, -0.15) is 0 Å². The topological polar surface area (TPSA) is 52.7 Å². The Hall–Kier alpha value is -1.95. The number of benzene rings is 1. The lowest BCUT2D eigenvalue weighted by Gasteiger charge is -2.38. The zero-order valence-corrected chi connectivity index (χ0v) is 15.4. The zero-order valence-electron chi connectivity index (χ0n) is 15.4. The van der Waals surface area contributed by atoms with Gasteiger partial charge < -0.3 is 15.1 Å². The Morgan fingerprint density at radius 1 is 1.08 bits per heavy atom. The van der Waals surface area contributed by atoms with E-state index in [-0.39, 0.29) is 23.5 Å². The second-order valence-corrected chi connectivity index (χ2v) is 7.42. The smallest absolute Gasteiger partial charge is 0.253 e. The van der Waals surface area contributed by atoms with E-state index in [0.29, 0.717) is 24.6 Å². The number of carbonyl (C=O) groups is 2. The van der Waals surface area contributed by atoms with Gasteiger partial charge in [0.15, 0.2) is 0 Å². The summed E-state index contributed by atoms with van der Waals surface area (Å²) in [6, 6.07) is 5.62. The minimum absolute atomic E-state index is 0.116. The molecule has 5 nitrogen and oxygen atoms in total. The van der Waals surface area contributed by atoms with Crippen molar-refractivity contribution in [2.75, 3.05) is 39.8 Å². The van der Waals surface area contributed by atoms with Crippen LogP contribution in [0.3, 0.4) is 0 Å². The number of piperidine rings is 2. The summed E-state index contributed by atoms with van der Waals surface area (Å²) >= 11 is 0. The van der Waals surface area contributed by atoms with Gasteiger partial charge in [0, 0.05) is 31.7 Å². The Morgan fingerprint density at radius 3 is 2.42 bits per heavy atom. The van der Waals surface area contributed by atoms with Gasteiger partial charge in [-0.05, 0) is 69.5 Å². The SMILES string of the molecule is CNCC1CCN(C(=O)C2CCCN(C(=O)c3ccc(F)cc3)C2)CC1. The predicted molar refractivity (Wildman–Crippen MR) is 98.3 cm³/mol. The van der Waals surface area contributed by atoms with Crippen LogP contribution in [0.25, 0.3) is 0 Å². The molecule has 2 fully saturated rings. The monoisotopic (exact) mass is 361 g/mol. The minimum atomic E-state index is -0.352. The Morgan fingerprint density at radius 2 is 1.77 bits per heavy atom. The standard InChI is InChI=1S/C20H28FN3O2/c1-22-13-15-8-11-23(12-9-15)20(26)17-3-2-10-24(14-17)19(25)16-4-6-18(21)7-5-16/h4-7,15,17,22H,2-3,8-14H2,1H3. The first-order valence-electron chi connectivity index (χ1n) is 9.56. The highest BCUT2D eigenvalue weighted by Gasteiger charge is 2.33. The molecule has 1 N–H and O–H groups in total. The first kappa shape index (κ1) is 18.8. The largest absolute Gasteiger partial charge is 0.342 e. The van der Waals surface area contributed by atoms with E-state index in [9.17, 15) is 14.0 Å². The van der Waals surface area contributed by atoms with Crippen LogP contribution in [0.5, 0.6) is 0 Å². The number of rotatable bonds is 4. The van der Waals surface area contributed by atoms with Gasteiger partial charge in [0.05, 0.1) is 5.92 Å². The van der Waals surface area contributed by atoms with Crippen molar-refractivity contribution < 1.29 is 14.0 Å². The Bertz CT molecular complexity index is 626. The van der Waals surface area contributed by atoms with Crippen LogP contribution in [-0.2, 0) is 4.79 Å². The summed E-state index contributed by atoms with van der Waals surface area (Å²) in [4.78, 5) is 29.2. The lowest BCUT2D eigenvalue weighted by molar-refractivity contribution is -0.138. The van der Waals surface area contributed by atoms with Crippen LogP contribution in [-0.4, -0.2) is 61.4 Å². The molecule has 0 aromatic heterocycles. The number of amides is 2. The number of halogens is 1. The first-order valence-corrected chi connectivity index (χ1v) is 9.56. The van der Waals surface area contributed by atoms with Gasteiger partial charge in [0.25, 0.3) is 5.91 Å². The molecule has 0 saturated carbocycles. The molecular weight excluding hydrogens is 333 g/mol. The summed E-state index contributed by atoms with van der Waals surface area (Å²) in [5.74, 6) is 0.246. The fourth-order valence-corrected chi connectivity index (χ4v) is 4.04. The van der Waals surface area contributed by atoms with E-state index < -0.39 is 0 Å². The van der Waals surface area contributed by atoms with Crippen LogP contribution in [0, 0.1) is 17.7 Å². The molecule has 1 aromatic carbocycles. The summed E-state index contributed by atoms with van der Waals surface area (Å²) in [6.07, 6.45) is 3.75. The number of hydrogen-bond donors (Lipinski definition) is 1. The maximum Gasteiger partial charge on any atom is 0.253 e. The molecule has 0 radical (unpaired) electrons. The third-order valence-electron chi connectivity index (χ3n) is 5.57. The van der Waals surface area contributed by atoms with E-state index in [1.54, 1.807) is 4.90 Å². The maximum absolute atomic E-state index is 13.1. The van der Waals surface area contributed by atoms with E-state index in [2.05, 4.69) is 5.32 Å². The van der Waals surface area contributed by atoms with Gasteiger partial charge in [-0.25, -0.2) is 4.39 Å². The molecular formula is C20H28FN3O2. The molecule has 0 spiro atoms. The van der Waals surface area contributed by atoms with E-state index in [1.165, 1.54) is 24.3 Å². The zero-order chi connectivity index (χ0) is 18.5. The minimum Gasteiger partial charge on any atom is -0.342 e. The summed E-state index contributed by atoms with van der Waals surface area (Å²) in [5.41, 5.74) is 0.479. The van der Waals surface area contributed by atoms with Crippen LogP contribution in [0.15, 0.2) is 24.3 Å². The highest BCUT2D eigenvalue weighted by atomic mass is 19.1. The van der Waals surface area contributed by atoms with Crippen molar-refractivity contribution in [3.05, 3.63) is 35.6 Å². The fourth-order valence-electron chi connectivity index (χ4n) is 4.04. The van der Waals surface area contributed by atoms with Crippen LogP contribution in [0.4, 0.5) is 4.39 Å². The molecule has 2 amide bonds. The molecule has 2 saturated heterocycles. The average molecular weight is 361 g/mol. The molecule has 3 rings (SSSR count). The van der Waals surface area contributed by atoms with Crippen LogP contribution < -0.4 is 5.32 Å². The highest BCUT2D eigenvalue weighted by molar-refractivity contribution is 5.94. The Kier molecular flexibility index (Phi) is 6.25. The van der Waals surface area contributed by atoms with Gasteiger partial charge >= 0.3 is 0 Å². The lowest BCUT2D eigenvalue weighted by Crippen LogP contribution is -2.49. The summed E-state index contributed by atoms with van der Waals surface area (Å²) in [7, 11) is 1.96. The van der Waals surface area contributed by atoms with Gasteiger partial charge in [-0.15, -0.1) is 0 Å². The number of likely N-dealkylation sites (tertiary alicyclic amines) is 2. The molecule has 26 heavy (non-hydrogen) atoms. The molecule has 2 aliphatic rings. The highest BCUT2D eigenvalue weighted by Crippen LogP contribution is 2.24. The molecule has 0 bridgehead atoms. The molecule has 2 aliphatic heterocycles. The molecule has 1 aromatic rings. The Balaban J connectivity index is 1.57. The third kappa shape index (κ3) is 4.41. The Labute approximate surface area is 154 Å². The van der Waals surface area contributed by atoms with Crippen molar-refractivity contribution in [1.29, 1.82) is 0 Å². The van der Waals surface area contributed by atoms with E-state index in [4.69, 9.17) is 0 Å². The number of carbonyl (C=O) groups excluding carboxylic acids is 2. The average Bonchev–Trinajstić information content (AvgIpc) is 2.68. The number of hydrogen-bond acceptors (Lipinski definition) is 3. The van der Waals surface area contributed by atoms with E-state index in [0.717, 1.165) is 45.3 Å². The summed E-state index contributed by atoms with van der Waals surface area (Å²) in [5, 5.41) is 3.21. The van der Waals surface area contributed by atoms with Gasteiger partial charge in [-0.1, -0.05) is 0 Å². The fraction of sp³-hybridized carbons (Fsp3) is 0.600. The van der Waals surface area contributed by atoms with Crippen molar-refractivity contribution in [3.8, 4) is 0 Å². The molecule has 6 heteroatoms. The van der Waals surface area contributed by atoms with Crippen LogP contribution in [0.2, 0.25) is 0 Å². The number of nitrogens with one attached hydrogen (secondary N) is 1. The number of nitrogens with zero attached hydrogens (tertiary/aromatic N) is 2. The second-order valence-electron chi connectivity index (χ2n) is 7.42. The molecule has 0 aliphatic carbocycles. The summed E-state index contributed by atoms with van der Waals surface area (Å²) < 4.78 is 13.1. The van der Waals surface area contributed by atoms with E-state index >= 15 is 0 Å². The summed E-state index contributed by atoms with van der Waals surface area (Å²) in [6.45, 7) is 3.75. The molecule has 1 unspecified atom stereocenters. The van der Waals surface area contributed by atoms with Crippen LogP contribution in [0.1, 0.15) is 36.0 Å². The van der Waals surface area contributed by atoms with E-state index in [1.807, 2.05) is 11.9 Å².